The fourth-order valence-corrected chi connectivity index (χ4v) is 10.7. The molecule has 4 heterocycles. The molecule has 4 aliphatic heterocycles. The molecule has 0 aromatic carbocycles. The summed E-state index contributed by atoms with van der Waals surface area (Å²) in [5.41, 5.74) is -3.22. The molecule has 8 rings (SSSR count). The maximum Gasteiger partial charge on any atom is 0.403 e. The van der Waals surface area contributed by atoms with Gasteiger partial charge in [0.1, 0.15) is 24.4 Å². The zero-order valence-corrected chi connectivity index (χ0v) is 33.4. The topological polar surface area (TPSA) is 87.0 Å². The van der Waals surface area contributed by atoms with E-state index < -0.39 is 29.6 Å². The predicted molar refractivity (Wildman–Crippen MR) is 194 cm³/mol. The van der Waals surface area contributed by atoms with Crippen LogP contribution in [0.15, 0.2) is 0 Å². The molecule has 4 unspecified atom stereocenters. The van der Waals surface area contributed by atoms with E-state index in [4.69, 9.17) is 37.9 Å². The monoisotopic (exact) mass is 812 g/mol. The SMILES string of the molecule is CC(C)(C1CCC(OCC2CO2)CC1)C1CCC(OCC2CO2)CC1.FC(F)(F)C(C1CCC(OCC2CO2)CC1)(C1CCC(OCC2CO2)CC1)C(F)(F)F. The van der Waals surface area contributed by atoms with Crippen LogP contribution in [0.3, 0.4) is 0 Å². The van der Waals surface area contributed by atoms with Crippen molar-refractivity contribution in [1.29, 1.82) is 0 Å². The van der Waals surface area contributed by atoms with Crippen LogP contribution in [0.1, 0.15) is 117 Å². The molecule has 0 amide bonds. The maximum atomic E-state index is 14.3. The Labute approximate surface area is 329 Å². The molecule has 0 bridgehead atoms. The molecule has 4 saturated carbocycles. The minimum absolute atomic E-state index is 0.0195. The summed E-state index contributed by atoms with van der Waals surface area (Å²) in [6.45, 7) is 10.4. The van der Waals surface area contributed by atoms with E-state index in [9.17, 15) is 26.3 Å². The molecule has 4 atom stereocenters. The van der Waals surface area contributed by atoms with E-state index >= 15 is 0 Å². The first-order chi connectivity index (χ1) is 26.7. The molecule has 324 valence electrons. The van der Waals surface area contributed by atoms with Gasteiger partial charge in [-0.1, -0.05) is 13.8 Å². The Kier molecular flexibility index (Phi) is 14.3. The van der Waals surface area contributed by atoms with Crippen molar-refractivity contribution in [3.8, 4) is 0 Å². The first-order valence-corrected chi connectivity index (χ1v) is 21.8. The van der Waals surface area contributed by atoms with Crippen molar-refractivity contribution in [2.75, 3.05) is 52.9 Å². The zero-order valence-electron chi connectivity index (χ0n) is 33.4. The summed E-state index contributed by atoms with van der Waals surface area (Å²) in [6, 6.07) is 0. The van der Waals surface area contributed by atoms with Gasteiger partial charge >= 0.3 is 12.4 Å². The molecule has 8 nitrogen and oxygen atoms in total. The van der Waals surface area contributed by atoms with E-state index in [0.29, 0.717) is 56.3 Å². The van der Waals surface area contributed by atoms with Crippen LogP contribution in [0.2, 0.25) is 0 Å². The molecule has 14 heteroatoms. The number of hydrogen-bond donors (Lipinski definition) is 0. The first-order valence-electron chi connectivity index (χ1n) is 21.8. The normalized spacial score (nSPS) is 39.0. The van der Waals surface area contributed by atoms with Crippen molar-refractivity contribution in [3.63, 3.8) is 0 Å². The van der Waals surface area contributed by atoms with Gasteiger partial charge in [-0.3, -0.25) is 0 Å². The van der Waals surface area contributed by atoms with Crippen LogP contribution >= 0.6 is 0 Å². The Morgan fingerprint density at radius 2 is 0.589 bits per heavy atom. The van der Waals surface area contributed by atoms with Gasteiger partial charge in [0.15, 0.2) is 5.41 Å². The fourth-order valence-electron chi connectivity index (χ4n) is 10.7. The van der Waals surface area contributed by atoms with E-state index in [1.54, 1.807) is 0 Å². The highest BCUT2D eigenvalue weighted by Gasteiger charge is 2.76. The number of hydrogen-bond acceptors (Lipinski definition) is 8. The average molecular weight is 813 g/mol. The number of epoxide rings is 4. The second-order valence-corrected chi connectivity index (χ2v) is 18.7. The van der Waals surface area contributed by atoms with Gasteiger partial charge in [-0.2, -0.15) is 26.3 Å². The Bertz CT molecular complexity index is 1100. The highest BCUT2D eigenvalue weighted by Crippen LogP contribution is 2.65. The molecule has 4 aliphatic carbocycles. The summed E-state index contributed by atoms with van der Waals surface area (Å²) >= 11 is 0. The van der Waals surface area contributed by atoms with Crippen molar-refractivity contribution in [1.82, 2.24) is 0 Å². The molecule has 0 N–H and O–H groups in total. The molecule has 0 aromatic heterocycles. The Hall–Kier alpha value is -0.740. The van der Waals surface area contributed by atoms with Crippen LogP contribution in [0.5, 0.6) is 0 Å². The van der Waals surface area contributed by atoms with Crippen molar-refractivity contribution in [2.45, 2.75) is 178 Å². The molecule has 8 fully saturated rings. The third kappa shape index (κ3) is 11.3. The molecule has 8 aliphatic rings. The Morgan fingerprint density at radius 3 is 0.786 bits per heavy atom. The highest BCUT2D eigenvalue weighted by molar-refractivity contribution is 5.05. The van der Waals surface area contributed by atoms with E-state index in [0.717, 1.165) is 38.3 Å². The summed E-state index contributed by atoms with van der Waals surface area (Å²) in [5.74, 6) is -1.25. The summed E-state index contributed by atoms with van der Waals surface area (Å²) in [6.07, 6.45) is 1.08. The van der Waals surface area contributed by atoms with Crippen molar-refractivity contribution in [3.05, 3.63) is 0 Å². The molecular weight excluding hydrogens is 746 g/mol. The van der Waals surface area contributed by atoms with Crippen LogP contribution in [0.4, 0.5) is 26.3 Å². The minimum atomic E-state index is -5.36. The van der Waals surface area contributed by atoms with E-state index in [1.807, 2.05) is 0 Å². The summed E-state index contributed by atoms with van der Waals surface area (Å²) in [4.78, 5) is 0. The second kappa shape index (κ2) is 18.5. The molecule has 0 radical (unpaired) electrons. The third-order valence-electron chi connectivity index (χ3n) is 14.7. The van der Waals surface area contributed by atoms with Crippen LogP contribution in [-0.2, 0) is 37.9 Å². The van der Waals surface area contributed by atoms with Gasteiger partial charge in [-0.05, 0) is 132 Å². The lowest BCUT2D eigenvalue weighted by atomic mass is 9.57. The summed E-state index contributed by atoms with van der Waals surface area (Å²) in [7, 11) is 0. The first kappa shape index (κ1) is 43.4. The third-order valence-corrected chi connectivity index (χ3v) is 14.7. The van der Waals surface area contributed by atoms with Crippen molar-refractivity contribution < 1.29 is 64.2 Å². The number of alkyl halides is 6. The molecule has 4 saturated heterocycles. The number of halogens is 6. The van der Waals surface area contributed by atoms with Gasteiger partial charge in [0, 0.05) is 0 Å². The van der Waals surface area contributed by atoms with Crippen molar-refractivity contribution in [2.24, 2.45) is 34.5 Å². The van der Waals surface area contributed by atoms with Crippen LogP contribution in [0.25, 0.3) is 0 Å². The lowest BCUT2D eigenvalue weighted by Gasteiger charge is -2.51. The molecule has 0 aromatic rings. The smallest absolute Gasteiger partial charge is 0.375 e. The van der Waals surface area contributed by atoms with Crippen molar-refractivity contribution >= 4 is 0 Å². The zero-order chi connectivity index (χ0) is 39.6. The van der Waals surface area contributed by atoms with Crippen LogP contribution in [-0.4, -0.2) is 114 Å². The average Bonchev–Trinajstić information content (AvgIpc) is 3.96. The van der Waals surface area contributed by atoms with Gasteiger partial charge in [0.05, 0.1) is 77.3 Å². The fraction of sp³-hybridized carbons (Fsp3) is 1.00. The predicted octanol–water partition coefficient (Wildman–Crippen LogP) is 9.01. The summed E-state index contributed by atoms with van der Waals surface area (Å²) in [5, 5.41) is 0. The van der Waals surface area contributed by atoms with Gasteiger partial charge in [-0.15, -0.1) is 0 Å². The molecule has 56 heavy (non-hydrogen) atoms. The van der Waals surface area contributed by atoms with Crippen LogP contribution in [0, 0.1) is 34.5 Å². The summed E-state index contributed by atoms with van der Waals surface area (Å²) < 4.78 is 130. The van der Waals surface area contributed by atoms with E-state index in [-0.39, 0.29) is 75.8 Å². The minimum Gasteiger partial charge on any atom is -0.375 e. The maximum absolute atomic E-state index is 14.3. The molecule has 0 spiro atoms. The Balaban J connectivity index is 0.000000175. The largest absolute Gasteiger partial charge is 0.403 e. The lowest BCUT2D eigenvalue weighted by molar-refractivity contribution is -0.383. The van der Waals surface area contributed by atoms with E-state index in [1.165, 1.54) is 51.4 Å². The Morgan fingerprint density at radius 1 is 0.375 bits per heavy atom. The number of ether oxygens (including phenoxy) is 8. The van der Waals surface area contributed by atoms with Gasteiger partial charge in [0.25, 0.3) is 0 Å². The van der Waals surface area contributed by atoms with Gasteiger partial charge in [-0.25, -0.2) is 0 Å². The van der Waals surface area contributed by atoms with Gasteiger partial charge in [0.2, 0.25) is 0 Å². The van der Waals surface area contributed by atoms with E-state index in [2.05, 4.69) is 13.8 Å². The van der Waals surface area contributed by atoms with Gasteiger partial charge < -0.3 is 37.9 Å². The highest BCUT2D eigenvalue weighted by atomic mass is 19.4. The second-order valence-electron chi connectivity index (χ2n) is 18.7. The lowest BCUT2D eigenvalue weighted by Crippen LogP contribution is -2.61. The number of rotatable bonds is 16. The quantitative estimate of drug-likeness (QED) is 0.113. The standard InChI is InChI=1S/C21H30F6O4.C21H36O4/c22-20(23,24)19(21(25,26)27,13-1-5-15(6-2-13)28-9-17-11-30-17)14-3-7-16(8-4-14)29-10-18-12-31-18;1-21(2,15-3-7-17(8-4-15)22-11-19-13-24-19)16-5-9-18(10-6-16)23-12-20-14-25-20/h13-18H,1-12H2;15-20H,3-14H2,1-2H3. The van der Waals surface area contributed by atoms with Crippen LogP contribution < -0.4 is 0 Å². The molecular formula is C42H66F6O8.